The molecule has 0 saturated carbocycles. The van der Waals surface area contributed by atoms with Crippen LogP contribution < -0.4 is 5.32 Å². The summed E-state index contributed by atoms with van der Waals surface area (Å²) in [6, 6.07) is 5.71. The van der Waals surface area contributed by atoms with Crippen LogP contribution in [-0.4, -0.2) is 21.8 Å². The van der Waals surface area contributed by atoms with E-state index in [1.165, 1.54) is 12.1 Å². The van der Waals surface area contributed by atoms with Crippen molar-refractivity contribution in [2.45, 2.75) is 32.9 Å². The van der Waals surface area contributed by atoms with Gasteiger partial charge in [-0.2, -0.15) is 4.98 Å². The summed E-state index contributed by atoms with van der Waals surface area (Å²) in [7, 11) is 0. The third kappa shape index (κ3) is 4.55. The van der Waals surface area contributed by atoms with Gasteiger partial charge in [0.2, 0.25) is 11.7 Å². The molecule has 1 N–H and O–H groups in total. The molecule has 112 valence electrons. The molecule has 0 spiro atoms. The first-order valence-corrected chi connectivity index (χ1v) is 6.39. The predicted molar refractivity (Wildman–Crippen MR) is 72.8 cm³/mol. The lowest BCUT2D eigenvalue weighted by atomic mass is 10.2. The molecule has 2 aromatic rings. The van der Waals surface area contributed by atoms with Gasteiger partial charge in [-0.3, -0.25) is 0 Å². The Morgan fingerprint density at radius 1 is 1.33 bits per heavy atom. The first-order chi connectivity index (χ1) is 9.83. The van der Waals surface area contributed by atoms with Gasteiger partial charge in [-0.05, 0) is 45.0 Å². The summed E-state index contributed by atoms with van der Waals surface area (Å²) >= 11 is 0. The van der Waals surface area contributed by atoms with Crippen LogP contribution in [0.1, 0.15) is 26.7 Å². The molecule has 1 amide bonds. The van der Waals surface area contributed by atoms with Crippen LogP contribution in [0.3, 0.4) is 0 Å². The first-order valence-electron chi connectivity index (χ1n) is 6.39. The van der Waals surface area contributed by atoms with Gasteiger partial charge in [0.05, 0.1) is 0 Å². The van der Waals surface area contributed by atoms with Gasteiger partial charge in [-0.1, -0.05) is 5.16 Å². The van der Waals surface area contributed by atoms with Crippen LogP contribution in [0.2, 0.25) is 0 Å². The van der Waals surface area contributed by atoms with E-state index in [1.54, 1.807) is 32.9 Å². The number of carbonyl (C=O) groups excluding carboxylic acids is 1. The molecule has 1 aromatic carbocycles. The highest BCUT2D eigenvalue weighted by atomic mass is 19.1. The third-order valence-electron chi connectivity index (χ3n) is 2.35. The van der Waals surface area contributed by atoms with Crippen molar-refractivity contribution in [3.63, 3.8) is 0 Å². The van der Waals surface area contributed by atoms with Crippen LogP contribution in [-0.2, 0) is 11.3 Å². The Hall–Kier alpha value is -2.44. The lowest BCUT2D eigenvalue weighted by Gasteiger charge is -2.19. The van der Waals surface area contributed by atoms with Gasteiger partial charge in [0.25, 0.3) is 0 Å². The summed E-state index contributed by atoms with van der Waals surface area (Å²) < 4.78 is 22.9. The Morgan fingerprint density at radius 3 is 2.62 bits per heavy atom. The standard InChI is InChI=1S/C14H16FN3O3/c1-14(2,3)20-13(19)16-8-11-17-12(18-21-11)9-4-6-10(15)7-5-9/h4-7H,8H2,1-3H3,(H,16,19). The van der Waals surface area contributed by atoms with Gasteiger partial charge >= 0.3 is 6.09 Å². The van der Waals surface area contributed by atoms with Crippen molar-refractivity contribution in [3.8, 4) is 11.4 Å². The van der Waals surface area contributed by atoms with E-state index in [2.05, 4.69) is 15.5 Å². The van der Waals surface area contributed by atoms with Crippen LogP contribution in [0.15, 0.2) is 28.8 Å². The van der Waals surface area contributed by atoms with Crippen molar-refractivity contribution in [3.05, 3.63) is 36.0 Å². The Kier molecular flexibility index (Phi) is 4.21. The molecule has 21 heavy (non-hydrogen) atoms. The minimum Gasteiger partial charge on any atom is -0.444 e. The summed E-state index contributed by atoms with van der Waals surface area (Å²) in [5.41, 5.74) is 0.0572. The summed E-state index contributed by atoms with van der Waals surface area (Å²) in [6.07, 6.45) is -0.566. The van der Waals surface area contributed by atoms with Crippen molar-refractivity contribution < 1.29 is 18.4 Å². The average Bonchev–Trinajstić information content (AvgIpc) is 2.84. The van der Waals surface area contributed by atoms with Gasteiger partial charge < -0.3 is 14.6 Å². The van der Waals surface area contributed by atoms with Crippen molar-refractivity contribution in [1.82, 2.24) is 15.5 Å². The smallest absolute Gasteiger partial charge is 0.408 e. The number of amides is 1. The van der Waals surface area contributed by atoms with Gasteiger partial charge in [0, 0.05) is 5.56 Å². The number of carbonyl (C=O) groups is 1. The topological polar surface area (TPSA) is 77.2 Å². The van der Waals surface area contributed by atoms with Crippen molar-refractivity contribution in [2.75, 3.05) is 0 Å². The molecule has 6 nitrogen and oxygen atoms in total. The number of nitrogens with one attached hydrogen (secondary N) is 1. The molecule has 0 bridgehead atoms. The normalized spacial score (nSPS) is 11.2. The van der Waals surface area contributed by atoms with E-state index in [1.807, 2.05) is 0 Å². The van der Waals surface area contributed by atoms with E-state index < -0.39 is 11.7 Å². The molecule has 1 heterocycles. The van der Waals surface area contributed by atoms with Crippen LogP contribution in [0.5, 0.6) is 0 Å². The lowest BCUT2D eigenvalue weighted by molar-refractivity contribution is 0.0518. The second kappa shape index (κ2) is 5.90. The summed E-state index contributed by atoms with van der Waals surface area (Å²) in [5, 5.41) is 6.28. The number of aromatic nitrogens is 2. The molecule has 0 atom stereocenters. The Labute approximate surface area is 121 Å². The molecule has 0 aliphatic rings. The fourth-order valence-electron chi connectivity index (χ4n) is 1.50. The Morgan fingerprint density at radius 2 is 2.00 bits per heavy atom. The van der Waals surface area contributed by atoms with Crippen LogP contribution in [0.4, 0.5) is 9.18 Å². The monoisotopic (exact) mass is 293 g/mol. The van der Waals surface area contributed by atoms with E-state index in [4.69, 9.17) is 9.26 Å². The van der Waals surface area contributed by atoms with Crippen LogP contribution >= 0.6 is 0 Å². The number of rotatable bonds is 3. The molecule has 0 fully saturated rings. The van der Waals surface area contributed by atoms with E-state index in [0.717, 1.165) is 0 Å². The quantitative estimate of drug-likeness (QED) is 0.941. The maximum atomic E-state index is 12.8. The van der Waals surface area contributed by atoms with E-state index >= 15 is 0 Å². The fourth-order valence-corrected chi connectivity index (χ4v) is 1.50. The largest absolute Gasteiger partial charge is 0.444 e. The van der Waals surface area contributed by atoms with Crippen molar-refractivity contribution in [1.29, 1.82) is 0 Å². The highest BCUT2D eigenvalue weighted by Gasteiger charge is 2.17. The number of halogens is 1. The van der Waals surface area contributed by atoms with Gasteiger partial charge in [0.15, 0.2) is 0 Å². The number of nitrogens with zero attached hydrogens (tertiary/aromatic N) is 2. The summed E-state index contributed by atoms with van der Waals surface area (Å²) in [5.74, 6) is 0.227. The molecular weight excluding hydrogens is 277 g/mol. The first kappa shape index (κ1) is 15.0. The SMILES string of the molecule is CC(C)(C)OC(=O)NCc1nc(-c2ccc(F)cc2)no1. The Bertz CT molecular complexity index is 617. The summed E-state index contributed by atoms with van der Waals surface area (Å²) in [6.45, 7) is 5.37. The molecule has 7 heteroatoms. The molecule has 0 radical (unpaired) electrons. The summed E-state index contributed by atoms with van der Waals surface area (Å²) in [4.78, 5) is 15.6. The minimum atomic E-state index is -0.571. The molecular formula is C14H16FN3O3. The maximum Gasteiger partial charge on any atom is 0.408 e. The van der Waals surface area contributed by atoms with Crippen LogP contribution in [0.25, 0.3) is 11.4 Å². The lowest BCUT2D eigenvalue weighted by Crippen LogP contribution is -2.32. The van der Waals surface area contributed by atoms with Gasteiger partial charge in [-0.15, -0.1) is 0 Å². The van der Waals surface area contributed by atoms with E-state index in [9.17, 15) is 9.18 Å². The number of hydrogen-bond acceptors (Lipinski definition) is 5. The van der Waals surface area contributed by atoms with E-state index in [-0.39, 0.29) is 18.3 Å². The average molecular weight is 293 g/mol. The molecule has 0 aliphatic carbocycles. The molecule has 0 aliphatic heterocycles. The number of ether oxygens (including phenoxy) is 1. The Balaban J connectivity index is 1.94. The molecule has 0 unspecified atom stereocenters. The zero-order valence-electron chi connectivity index (χ0n) is 12.0. The molecule has 1 aromatic heterocycles. The number of hydrogen-bond donors (Lipinski definition) is 1. The van der Waals surface area contributed by atoms with Gasteiger partial charge in [-0.25, -0.2) is 9.18 Å². The predicted octanol–water partition coefficient (Wildman–Crippen LogP) is 2.90. The number of benzene rings is 1. The van der Waals surface area contributed by atoms with Crippen molar-refractivity contribution in [2.24, 2.45) is 0 Å². The maximum absolute atomic E-state index is 12.8. The molecule has 0 saturated heterocycles. The van der Waals surface area contributed by atoms with Crippen molar-refractivity contribution >= 4 is 6.09 Å². The highest BCUT2D eigenvalue weighted by Crippen LogP contribution is 2.16. The molecule has 2 rings (SSSR count). The van der Waals surface area contributed by atoms with Crippen LogP contribution in [0, 0.1) is 5.82 Å². The van der Waals surface area contributed by atoms with E-state index in [0.29, 0.717) is 11.4 Å². The third-order valence-corrected chi connectivity index (χ3v) is 2.35. The second-order valence-electron chi connectivity index (χ2n) is 5.37. The number of alkyl carbamates (subject to hydrolysis) is 1. The fraction of sp³-hybridized carbons (Fsp3) is 0.357. The highest BCUT2D eigenvalue weighted by molar-refractivity contribution is 5.67. The zero-order chi connectivity index (χ0) is 15.5. The zero-order valence-corrected chi connectivity index (χ0v) is 12.0. The van der Waals surface area contributed by atoms with Gasteiger partial charge in [0.1, 0.15) is 18.0 Å². The minimum absolute atomic E-state index is 0.0586. The second-order valence-corrected chi connectivity index (χ2v) is 5.37.